The molecule has 1 saturated heterocycles. The van der Waals surface area contributed by atoms with Crippen molar-refractivity contribution in [1.82, 2.24) is 5.32 Å². The predicted molar refractivity (Wildman–Crippen MR) is 65.3 cm³/mol. The third-order valence-corrected chi connectivity index (χ3v) is 4.83. The van der Waals surface area contributed by atoms with E-state index in [1.54, 1.807) is 0 Å². The van der Waals surface area contributed by atoms with Gasteiger partial charge >= 0.3 is 0 Å². The Labute approximate surface area is 98.4 Å². The molecule has 0 aromatic rings. The highest BCUT2D eigenvalue weighted by atomic mass is 16.5. The molecule has 1 saturated carbocycles. The van der Waals surface area contributed by atoms with Crippen molar-refractivity contribution < 1.29 is 4.74 Å². The quantitative estimate of drug-likeness (QED) is 0.739. The van der Waals surface area contributed by atoms with Gasteiger partial charge in [0.1, 0.15) is 0 Å². The van der Waals surface area contributed by atoms with Gasteiger partial charge < -0.3 is 10.1 Å². The zero-order valence-corrected chi connectivity index (χ0v) is 10.4. The van der Waals surface area contributed by atoms with E-state index < -0.39 is 0 Å². The second-order valence-electron chi connectivity index (χ2n) is 5.87. The topological polar surface area (TPSA) is 21.3 Å². The second-order valence-corrected chi connectivity index (χ2v) is 5.87. The fourth-order valence-corrected chi connectivity index (χ4v) is 3.81. The van der Waals surface area contributed by atoms with E-state index in [-0.39, 0.29) is 0 Å². The van der Waals surface area contributed by atoms with Crippen LogP contribution >= 0.6 is 0 Å². The normalized spacial score (nSPS) is 47.8. The molecule has 2 nitrogen and oxygen atoms in total. The van der Waals surface area contributed by atoms with Crippen molar-refractivity contribution in [3.8, 4) is 0 Å². The molecule has 2 bridgehead atoms. The summed E-state index contributed by atoms with van der Waals surface area (Å²) in [7, 11) is 0. The van der Waals surface area contributed by atoms with Crippen LogP contribution in [0.15, 0.2) is 12.2 Å². The van der Waals surface area contributed by atoms with E-state index in [4.69, 9.17) is 4.74 Å². The number of ether oxygens (including phenoxy) is 1. The molecule has 3 rings (SSSR count). The van der Waals surface area contributed by atoms with Crippen LogP contribution in [0.5, 0.6) is 0 Å². The molecule has 1 N–H and O–H groups in total. The number of hydrogen-bond acceptors (Lipinski definition) is 2. The lowest BCUT2D eigenvalue weighted by Crippen LogP contribution is -2.45. The number of rotatable bonds is 3. The predicted octanol–water partition coefficient (Wildman–Crippen LogP) is 2.35. The molecule has 0 aromatic carbocycles. The lowest BCUT2D eigenvalue weighted by Gasteiger charge is -2.30. The third-order valence-electron chi connectivity index (χ3n) is 4.83. The van der Waals surface area contributed by atoms with Gasteiger partial charge in [0, 0.05) is 18.7 Å². The summed E-state index contributed by atoms with van der Waals surface area (Å²) in [6.07, 6.45) is 9.27. The average Bonchev–Trinajstić information content (AvgIpc) is 2.95. The molecule has 3 aliphatic rings. The molecule has 2 aliphatic carbocycles. The lowest BCUT2D eigenvalue weighted by atomic mass is 9.87. The molecule has 0 aromatic heterocycles. The van der Waals surface area contributed by atoms with E-state index in [0.717, 1.165) is 24.4 Å². The standard InChI is InChI=1S/C14H23NO/c1-9(15-14-5-6-16-10(14)2)13-8-11-3-4-12(13)7-11/h3-4,9-15H,5-8H2,1-2H3. The summed E-state index contributed by atoms with van der Waals surface area (Å²) in [6.45, 7) is 5.49. The summed E-state index contributed by atoms with van der Waals surface area (Å²) < 4.78 is 5.61. The van der Waals surface area contributed by atoms with Gasteiger partial charge in [-0.2, -0.15) is 0 Å². The van der Waals surface area contributed by atoms with Crippen LogP contribution in [0.3, 0.4) is 0 Å². The van der Waals surface area contributed by atoms with Crippen molar-refractivity contribution in [3.63, 3.8) is 0 Å². The molecule has 0 amide bonds. The second kappa shape index (κ2) is 4.15. The van der Waals surface area contributed by atoms with Gasteiger partial charge in [-0.05, 0) is 50.9 Å². The first-order valence-corrected chi connectivity index (χ1v) is 6.80. The Kier molecular flexibility index (Phi) is 2.80. The highest BCUT2D eigenvalue weighted by Crippen LogP contribution is 2.45. The maximum atomic E-state index is 5.61. The highest BCUT2D eigenvalue weighted by molar-refractivity contribution is 5.11. The van der Waals surface area contributed by atoms with Crippen LogP contribution in [0.25, 0.3) is 0 Å². The Morgan fingerprint density at radius 3 is 2.75 bits per heavy atom. The van der Waals surface area contributed by atoms with Crippen LogP contribution in [0.1, 0.15) is 33.1 Å². The smallest absolute Gasteiger partial charge is 0.0700 e. The zero-order valence-electron chi connectivity index (χ0n) is 10.4. The van der Waals surface area contributed by atoms with Crippen LogP contribution in [0.2, 0.25) is 0 Å². The van der Waals surface area contributed by atoms with E-state index in [9.17, 15) is 0 Å². The van der Waals surface area contributed by atoms with E-state index in [1.165, 1.54) is 19.3 Å². The van der Waals surface area contributed by atoms with Crippen LogP contribution < -0.4 is 5.32 Å². The summed E-state index contributed by atoms with van der Waals surface area (Å²) in [5, 5.41) is 3.80. The van der Waals surface area contributed by atoms with Crippen molar-refractivity contribution in [1.29, 1.82) is 0 Å². The summed E-state index contributed by atoms with van der Waals surface area (Å²) in [4.78, 5) is 0. The van der Waals surface area contributed by atoms with Crippen molar-refractivity contribution in [2.75, 3.05) is 6.61 Å². The van der Waals surface area contributed by atoms with Gasteiger partial charge in [-0.3, -0.25) is 0 Å². The minimum absolute atomic E-state index is 0.400. The van der Waals surface area contributed by atoms with Gasteiger partial charge in [-0.25, -0.2) is 0 Å². The zero-order chi connectivity index (χ0) is 11.1. The maximum absolute atomic E-state index is 5.61. The first kappa shape index (κ1) is 10.8. The first-order chi connectivity index (χ1) is 7.74. The molecule has 6 unspecified atom stereocenters. The van der Waals surface area contributed by atoms with Gasteiger partial charge in [0.15, 0.2) is 0 Å². The van der Waals surface area contributed by atoms with Gasteiger partial charge in [-0.1, -0.05) is 12.2 Å². The third kappa shape index (κ3) is 1.82. The van der Waals surface area contributed by atoms with Crippen LogP contribution in [0.4, 0.5) is 0 Å². The Balaban J connectivity index is 1.57. The number of nitrogens with one attached hydrogen (secondary N) is 1. The monoisotopic (exact) mass is 221 g/mol. The van der Waals surface area contributed by atoms with Gasteiger partial charge in [0.05, 0.1) is 6.10 Å². The van der Waals surface area contributed by atoms with Gasteiger partial charge in [-0.15, -0.1) is 0 Å². The van der Waals surface area contributed by atoms with E-state index in [2.05, 4.69) is 31.3 Å². The van der Waals surface area contributed by atoms with Crippen LogP contribution in [-0.2, 0) is 4.74 Å². The Morgan fingerprint density at radius 1 is 1.31 bits per heavy atom. The van der Waals surface area contributed by atoms with E-state index >= 15 is 0 Å². The summed E-state index contributed by atoms with van der Waals surface area (Å²) in [5.74, 6) is 2.60. The molecular weight excluding hydrogens is 198 g/mol. The number of fused-ring (bicyclic) bond motifs is 2. The van der Waals surface area contributed by atoms with Gasteiger partial charge in [0.2, 0.25) is 0 Å². The fraction of sp³-hybridized carbons (Fsp3) is 0.857. The van der Waals surface area contributed by atoms with E-state index in [0.29, 0.717) is 18.2 Å². The van der Waals surface area contributed by atoms with Crippen LogP contribution in [0, 0.1) is 17.8 Å². The molecule has 16 heavy (non-hydrogen) atoms. The SMILES string of the molecule is CC(NC1CCOC1C)C1CC2C=CC1C2. The molecule has 2 heteroatoms. The minimum atomic E-state index is 0.400. The van der Waals surface area contributed by atoms with E-state index in [1.807, 2.05) is 0 Å². The molecule has 1 aliphatic heterocycles. The molecule has 6 atom stereocenters. The Morgan fingerprint density at radius 2 is 2.19 bits per heavy atom. The van der Waals surface area contributed by atoms with Crippen LogP contribution in [-0.4, -0.2) is 24.8 Å². The largest absolute Gasteiger partial charge is 0.377 e. The molecular formula is C14H23NO. The van der Waals surface area contributed by atoms with Gasteiger partial charge in [0.25, 0.3) is 0 Å². The maximum Gasteiger partial charge on any atom is 0.0700 e. The minimum Gasteiger partial charge on any atom is -0.377 e. The van der Waals surface area contributed by atoms with Crippen molar-refractivity contribution >= 4 is 0 Å². The summed E-state index contributed by atoms with van der Waals surface area (Å²) in [6, 6.07) is 1.23. The molecule has 0 spiro atoms. The molecule has 0 radical (unpaired) electrons. The Bertz CT molecular complexity index is 288. The Hall–Kier alpha value is -0.340. The number of allylic oxidation sites excluding steroid dienone is 2. The van der Waals surface area contributed by atoms with Crippen molar-refractivity contribution in [2.24, 2.45) is 17.8 Å². The summed E-state index contributed by atoms with van der Waals surface area (Å²) in [5.41, 5.74) is 0. The van der Waals surface area contributed by atoms with Crippen molar-refractivity contribution in [3.05, 3.63) is 12.2 Å². The van der Waals surface area contributed by atoms with Crippen molar-refractivity contribution in [2.45, 2.75) is 51.3 Å². The first-order valence-electron chi connectivity index (χ1n) is 6.80. The highest BCUT2D eigenvalue weighted by Gasteiger charge is 2.39. The molecule has 2 fully saturated rings. The fourth-order valence-electron chi connectivity index (χ4n) is 3.81. The average molecular weight is 221 g/mol. The number of hydrogen-bond donors (Lipinski definition) is 1. The molecule has 1 heterocycles. The molecule has 90 valence electrons. The summed E-state index contributed by atoms with van der Waals surface area (Å²) >= 11 is 0. The lowest BCUT2D eigenvalue weighted by molar-refractivity contribution is 0.108.